The van der Waals surface area contributed by atoms with Gasteiger partial charge >= 0.3 is 0 Å². The lowest BCUT2D eigenvalue weighted by molar-refractivity contribution is 0.437. The summed E-state index contributed by atoms with van der Waals surface area (Å²) in [4.78, 5) is 1.16. The molecule has 3 rings (SSSR count). The topological polar surface area (TPSA) is 38.1 Å². The molecule has 3 nitrogen and oxygen atoms in total. The van der Waals surface area contributed by atoms with Gasteiger partial charge < -0.3 is 9.84 Å². The summed E-state index contributed by atoms with van der Waals surface area (Å²) in [5, 5.41) is 7.23. The van der Waals surface area contributed by atoms with E-state index in [2.05, 4.69) is 32.5 Å². The zero-order valence-corrected chi connectivity index (χ0v) is 9.61. The van der Waals surface area contributed by atoms with Gasteiger partial charge in [0.1, 0.15) is 5.69 Å². The molecule has 0 fully saturated rings. The Morgan fingerprint density at radius 3 is 3.21 bits per heavy atom. The van der Waals surface area contributed by atoms with Gasteiger partial charge in [0.05, 0.1) is 8.66 Å². The normalized spacial score (nSPS) is 14.1. The molecule has 0 spiro atoms. The third kappa shape index (κ3) is 1.19. The van der Waals surface area contributed by atoms with Crippen molar-refractivity contribution in [2.75, 3.05) is 11.9 Å². The van der Waals surface area contributed by atoms with Crippen LogP contribution in [0.15, 0.2) is 20.4 Å². The largest absolute Gasteiger partial charge is 0.353 e. The van der Waals surface area contributed by atoms with Gasteiger partial charge in [-0.25, -0.2) is 0 Å². The molecule has 0 unspecified atom stereocenters. The molecule has 0 radical (unpaired) electrons. The van der Waals surface area contributed by atoms with Crippen LogP contribution in [0.25, 0.3) is 10.6 Å². The predicted octanol–water partition coefficient (Wildman–Crippen LogP) is 3.13. The first kappa shape index (κ1) is 8.49. The van der Waals surface area contributed by atoms with E-state index in [1.807, 2.05) is 6.07 Å². The minimum Gasteiger partial charge on any atom is -0.353 e. The number of rotatable bonds is 1. The van der Waals surface area contributed by atoms with Crippen LogP contribution >= 0.6 is 27.3 Å². The van der Waals surface area contributed by atoms with E-state index in [1.54, 1.807) is 11.3 Å². The maximum atomic E-state index is 5.20. The van der Waals surface area contributed by atoms with Crippen molar-refractivity contribution < 1.29 is 4.52 Å². The number of hydrogen-bond donors (Lipinski definition) is 1. The van der Waals surface area contributed by atoms with Crippen LogP contribution in [0.2, 0.25) is 0 Å². The van der Waals surface area contributed by atoms with Crippen molar-refractivity contribution in [3.63, 3.8) is 0 Å². The third-order valence-corrected chi connectivity index (χ3v) is 3.89. The highest BCUT2D eigenvalue weighted by atomic mass is 79.9. The zero-order valence-electron chi connectivity index (χ0n) is 7.21. The molecule has 0 atom stereocenters. The molecule has 0 bridgehead atoms. The van der Waals surface area contributed by atoms with E-state index in [4.69, 9.17) is 4.52 Å². The minimum atomic E-state index is 0.838. The first-order valence-corrected chi connectivity index (χ1v) is 5.93. The van der Waals surface area contributed by atoms with Crippen molar-refractivity contribution in [1.29, 1.82) is 0 Å². The van der Waals surface area contributed by atoms with Crippen molar-refractivity contribution in [3.8, 4) is 10.6 Å². The molecular formula is C9H7BrN2OS. The quantitative estimate of drug-likeness (QED) is 0.865. The van der Waals surface area contributed by atoms with Crippen LogP contribution in [0.5, 0.6) is 0 Å². The molecule has 5 heteroatoms. The summed E-state index contributed by atoms with van der Waals surface area (Å²) in [6.45, 7) is 0.955. The van der Waals surface area contributed by atoms with Crippen LogP contribution in [0, 0.1) is 0 Å². The molecular weight excluding hydrogens is 264 g/mol. The monoisotopic (exact) mass is 270 g/mol. The van der Waals surface area contributed by atoms with Crippen molar-refractivity contribution in [1.82, 2.24) is 5.16 Å². The predicted molar refractivity (Wildman–Crippen MR) is 59.7 cm³/mol. The molecule has 1 N–H and O–H groups in total. The number of hydrogen-bond acceptors (Lipinski definition) is 4. The van der Waals surface area contributed by atoms with Crippen molar-refractivity contribution >= 4 is 33.2 Å². The van der Waals surface area contributed by atoms with Crippen molar-refractivity contribution in [3.05, 3.63) is 21.5 Å². The number of fused-ring (bicyclic) bond motifs is 1. The van der Waals surface area contributed by atoms with E-state index in [0.29, 0.717) is 0 Å². The highest BCUT2D eigenvalue weighted by Gasteiger charge is 2.22. The molecule has 0 saturated heterocycles. The van der Waals surface area contributed by atoms with Gasteiger partial charge in [0.2, 0.25) is 5.88 Å². The Kier molecular flexibility index (Phi) is 1.88. The Labute approximate surface area is 93.2 Å². The Bertz CT molecular complexity index is 477. The zero-order chi connectivity index (χ0) is 9.54. The average Bonchev–Trinajstić information content (AvgIpc) is 2.77. The van der Waals surface area contributed by atoms with Gasteiger partial charge in [-0.1, -0.05) is 5.16 Å². The van der Waals surface area contributed by atoms with Crippen LogP contribution < -0.4 is 5.32 Å². The van der Waals surface area contributed by atoms with Crippen molar-refractivity contribution in [2.24, 2.45) is 0 Å². The number of thiophene rings is 1. The summed E-state index contributed by atoms with van der Waals surface area (Å²) < 4.78 is 6.32. The first-order chi connectivity index (χ1) is 6.84. The second-order valence-electron chi connectivity index (χ2n) is 3.12. The van der Waals surface area contributed by atoms with E-state index < -0.39 is 0 Å². The molecule has 1 aliphatic rings. The molecule has 0 amide bonds. The average molecular weight is 271 g/mol. The Hall–Kier alpha value is -0.810. The fraction of sp³-hybridized carbons (Fsp3) is 0.222. The minimum absolute atomic E-state index is 0.838. The molecule has 2 aromatic rings. The number of halogens is 1. The number of nitrogens with zero attached hydrogens (tertiary/aromatic N) is 1. The number of anilines is 1. The maximum absolute atomic E-state index is 5.20. The Morgan fingerprint density at radius 1 is 1.50 bits per heavy atom. The van der Waals surface area contributed by atoms with Crippen LogP contribution in [0.3, 0.4) is 0 Å². The van der Waals surface area contributed by atoms with Gasteiger partial charge in [0.15, 0.2) is 0 Å². The molecule has 2 aromatic heterocycles. The summed E-state index contributed by atoms with van der Waals surface area (Å²) in [5.41, 5.74) is 2.19. The van der Waals surface area contributed by atoms with Crippen LogP contribution in [0.1, 0.15) is 5.56 Å². The Morgan fingerprint density at radius 2 is 2.43 bits per heavy atom. The van der Waals surface area contributed by atoms with Gasteiger partial charge in [-0.15, -0.1) is 11.3 Å². The van der Waals surface area contributed by atoms with Crippen LogP contribution in [-0.4, -0.2) is 11.7 Å². The van der Waals surface area contributed by atoms with Gasteiger partial charge in [-0.2, -0.15) is 0 Å². The van der Waals surface area contributed by atoms with E-state index in [1.165, 1.54) is 5.56 Å². The molecule has 0 aliphatic carbocycles. The van der Waals surface area contributed by atoms with Gasteiger partial charge in [-0.3, -0.25) is 0 Å². The number of nitrogens with one attached hydrogen (secondary N) is 1. The smallest absolute Gasteiger partial charge is 0.228 e. The van der Waals surface area contributed by atoms with E-state index in [0.717, 1.165) is 33.2 Å². The van der Waals surface area contributed by atoms with E-state index in [9.17, 15) is 0 Å². The molecule has 14 heavy (non-hydrogen) atoms. The second-order valence-corrected chi connectivity index (χ2v) is 5.58. The van der Waals surface area contributed by atoms with Gasteiger partial charge in [0.25, 0.3) is 0 Å². The van der Waals surface area contributed by atoms with E-state index >= 15 is 0 Å². The van der Waals surface area contributed by atoms with Crippen LogP contribution in [-0.2, 0) is 6.42 Å². The lowest BCUT2D eigenvalue weighted by Crippen LogP contribution is -1.92. The fourth-order valence-electron chi connectivity index (χ4n) is 1.62. The highest BCUT2D eigenvalue weighted by Crippen LogP contribution is 2.37. The van der Waals surface area contributed by atoms with E-state index in [-0.39, 0.29) is 0 Å². The lowest BCUT2D eigenvalue weighted by Gasteiger charge is -1.90. The summed E-state index contributed by atoms with van der Waals surface area (Å²) in [6, 6.07) is 4.09. The molecule has 3 heterocycles. The SMILES string of the molecule is Brc1ccc(-c2noc3c2CCN3)s1. The Balaban J connectivity index is 2.12. The maximum Gasteiger partial charge on any atom is 0.228 e. The molecule has 0 saturated carbocycles. The molecule has 0 aromatic carbocycles. The fourth-order valence-corrected chi connectivity index (χ4v) is 3.01. The highest BCUT2D eigenvalue weighted by molar-refractivity contribution is 9.11. The summed E-state index contributed by atoms with van der Waals surface area (Å²) >= 11 is 5.12. The molecule has 1 aliphatic heterocycles. The third-order valence-electron chi connectivity index (χ3n) is 2.26. The van der Waals surface area contributed by atoms with Crippen LogP contribution in [0.4, 0.5) is 5.88 Å². The second kappa shape index (κ2) is 3.10. The summed E-state index contributed by atoms with van der Waals surface area (Å²) in [5.74, 6) is 0.838. The van der Waals surface area contributed by atoms with Gasteiger partial charge in [0, 0.05) is 12.1 Å². The molecule has 72 valence electrons. The van der Waals surface area contributed by atoms with Gasteiger partial charge in [-0.05, 0) is 34.5 Å². The lowest BCUT2D eigenvalue weighted by atomic mass is 10.2. The summed E-state index contributed by atoms with van der Waals surface area (Å²) in [7, 11) is 0. The first-order valence-electron chi connectivity index (χ1n) is 4.33. The summed E-state index contributed by atoms with van der Waals surface area (Å²) in [6.07, 6.45) is 1.00. The standard InChI is InChI=1S/C9H7BrN2OS/c10-7-2-1-6(14-7)8-5-3-4-11-9(5)13-12-8/h1-2,11H,3-4H2. The number of aromatic nitrogens is 1. The van der Waals surface area contributed by atoms with Crippen molar-refractivity contribution in [2.45, 2.75) is 6.42 Å².